The van der Waals surface area contributed by atoms with E-state index in [0.29, 0.717) is 37.4 Å². The molecule has 1 unspecified atom stereocenters. The first kappa shape index (κ1) is 20.8. The van der Waals surface area contributed by atoms with Crippen molar-refractivity contribution in [2.24, 2.45) is 13.0 Å². The molecule has 0 bridgehead atoms. The van der Waals surface area contributed by atoms with E-state index in [1.807, 2.05) is 30.4 Å². The first-order valence-corrected chi connectivity index (χ1v) is 9.77. The van der Waals surface area contributed by atoms with Gasteiger partial charge in [-0.2, -0.15) is 0 Å². The second kappa shape index (κ2) is 8.60. The van der Waals surface area contributed by atoms with E-state index in [9.17, 15) is 20.0 Å². The topological polar surface area (TPSA) is 114 Å². The van der Waals surface area contributed by atoms with E-state index in [1.54, 1.807) is 24.5 Å². The molecule has 1 saturated heterocycles. The van der Waals surface area contributed by atoms with Crippen molar-refractivity contribution in [3.8, 4) is 0 Å². The van der Waals surface area contributed by atoms with E-state index in [0.717, 1.165) is 0 Å². The van der Waals surface area contributed by atoms with E-state index in [4.69, 9.17) is 0 Å². The lowest BCUT2D eigenvalue weighted by Gasteiger charge is -2.35. The summed E-state index contributed by atoms with van der Waals surface area (Å²) < 4.78 is 1.81. The minimum Gasteiger partial charge on any atom is -0.385 e. The lowest BCUT2D eigenvalue weighted by atomic mass is 9.90. The van der Waals surface area contributed by atoms with E-state index < -0.39 is 11.0 Å². The molecule has 1 atom stereocenters. The van der Waals surface area contributed by atoms with Crippen molar-refractivity contribution in [3.63, 3.8) is 0 Å². The van der Waals surface area contributed by atoms with Crippen LogP contribution in [0, 0.1) is 16.0 Å². The van der Waals surface area contributed by atoms with Gasteiger partial charge in [0.15, 0.2) is 0 Å². The van der Waals surface area contributed by atoms with Crippen LogP contribution in [0.5, 0.6) is 0 Å². The summed E-state index contributed by atoms with van der Waals surface area (Å²) in [6, 6.07) is 4.55. The predicted octanol–water partition coefficient (Wildman–Crippen LogP) is 2.42. The van der Waals surface area contributed by atoms with Gasteiger partial charge in [0.05, 0.1) is 4.92 Å². The second-order valence-corrected chi connectivity index (χ2v) is 7.75. The molecular formula is C20H27N5O4. The van der Waals surface area contributed by atoms with E-state index in [1.165, 1.54) is 6.07 Å². The third kappa shape index (κ3) is 4.56. The number of rotatable bonds is 6. The lowest BCUT2D eigenvalue weighted by Crippen LogP contribution is -2.36. The summed E-state index contributed by atoms with van der Waals surface area (Å²) in [5.41, 5.74) is 0.694. The zero-order chi connectivity index (χ0) is 21.1. The number of carbonyl (C=O) groups excluding carboxylic acids is 1. The number of nitrogens with zero attached hydrogens (tertiary/aromatic N) is 4. The number of anilines is 1. The Kier molecular flexibility index (Phi) is 6.17. The number of carbonyl (C=O) groups is 1. The van der Waals surface area contributed by atoms with Crippen LogP contribution in [0.25, 0.3) is 0 Å². The Morgan fingerprint density at radius 3 is 2.59 bits per heavy atom. The van der Waals surface area contributed by atoms with Crippen LogP contribution in [0.3, 0.4) is 0 Å². The average molecular weight is 401 g/mol. The number of amides is 1. The van der Waals surface area contributed by atoms with Crippen molar-refractivity contribution in [3.05, 3.63) is 52.1 Å². The van der Waals surface area contributed by atoms with Crippen LogP contribution < -0.4 is 10.2 Å². The molecule has 0 spiro atoms. The maximum atomic E-state index is 12.2. The Balaban J connectivity index is 1.73. The maximum Gasteiger partial charge on any atom is 0.293 e. The number of nitro groups is 1. The Hall–Kier alpha value is -2.94. The molecule has 29 heavy (non-hydrogen) atoms. The van der Waals surface area contributed by atoms with Gasteiger partial charge in [-0.1, -0.05) is 0 Å². The zero-order valence-electron chi connectivity index (χ0n) is 16.9. The molecule has 156 valence electrons. The minimum atomic E-state index is -0.658. The molecular weight excluding hydrogens is 374 g/mol. The summed E-state index contributed by atoms with van der Waals surface area (Å²) in [5.74, 6) is 0.351. The van der Waals surface area contributed by atoms with Gasteiger partial charge in [0.2, 0.25) is 0 Å². The molecule has 0 aliphatic carbocycles. The molecule has 1 aliphatic heterocycles. The average Bonchev–Trinajstić information content (AvgIpc) is 3.12. The summed E-state index contributed by atoms with van der Waals surface area (Å²) in [6.07, 6.45) is 4.19. The fourth-order valence-corrected chi connectivity index (χ4v) is 3.75. The highest BCUT2D eigenvalue weighted by Crippen LogP contribution is 2.35. The summed E-state index contributed by atoms with van der Waals surface area (Å²) in [7, 11) is 1.85. The Labute approximate surface area is 169 Å². The van der Waals surface area contributed by atoms with Crippen LogP contribution in [0.1, 0.15) is 49.0 Å². The zero-order valence-corrected chi connectivity index (χ0v) is 16.9. The van der Waals surface area contributed by atoms with Crippen LogP contribution in [0.2, 0.25) is 0 Å². The number of piperidine rings is 1. The number of hydrogen-bond donors (Lipinski definition) is 2. The number of aliphatic hydroxyl groups excluding tert-OH is 1. The summed E-state index contributed by atoms with van der Waals surface area (Å²) >= 11 is 0. The molecule has 9 nitrogen and oxygen atoms in total. The third-order valence-electron chi connectivity index (χ3n) is 5.30. The quantitative estimate of drug-likeness (QED) is 0.568. The van der Waals surface area contributed by atoms with Crippen molar-refractivity contribution in [2.45, 2.75) is 38.8 Å². The molecule has 1 aromatic carbocycles. The Bertz CT molecular complexity index is 887. The number of hydrogen-bond acceptors (Lipinski definition) is 6. The van der Waals surface area contributed by atoms with Gasteiger partial charge in [0, 0.05) is 50.2 Å². The fourth-order valence-electron chi connectivity index (χ4n) is 3.75. The second-order valence-electron chi connectivity index (χ2n) is 7.75. The highest BCUT2D eigenvalue weighted by Gasteiger charge is 2.31. The molecule has 1 amide bonds. The van der Waals surface area contributed by atoms with Gasteiger partial charge in [-0.3, -0.25) is 14.9 Å². The molecule has 1 fully saturated rings. The number of aliphatic hydroxyl groups is 1. The number of nitrogens with one attached hydrogen (secondary N) is 1. The van der Waals surface area contributed by atoms with Gasteiger partial charge in [-0.15, -0.1) is 0 Å². The first-order chi connectivity index (χ1) is 13.8. The number of benzene rings is 1. The monoisotopic (exact) mass is 401 g/mol. The van der Waals surface area contributed by atoms with Crippen molar-refractivity contribution in [1.29, 1.82) is 0 Å². The van der Waals surface area contributed by atoms with Crippen molar-refractivity contribution >= 4 is 17.3 Å². The first-order valence-electron chi connectivity index (χ1n) is 9.77. The van der Waals surface area contributed by atoms with Gasteiger partial charge in [0.1, 0.15) is 17.6 Å². The molecule has 2 heterocycles. The summed E-state index contributed by atoms with van der Waals surface area (Å²) in [6.45, 7) is 4.85. The van der Waals surface area contributed by atoms with Crippen LogP contribution in [0.4, 0.5) is 11.4 Å². The van der Waals surface area contributed by atoms with Crippen LogP contribution in [-0.4, -0.2) is 44.6 Å². The predicted molar refractivity (Wildman–Crippen MR) is 109 cm³/mol. The highest BCUT2D eigenvalue weighted by atomic mass is 16.6. The van der Waals surface area contributed by atoms with Crippen LogP contribution in [-0.2, 0) is 7.05 Å². The van der Waals surface area contributed by atoms with Gasteiger partial charge < -0.3 is 19.9 Å². The molecule has 1 aromatic heterocycles. The van der Waals surface area contributed by atoms with E-state index in [-0.39, 0.29) is 29.1 Å². The molecule has 0 saturated carbocycles. The van der Waals surface area contributed by atoms with Gasteiger partial charge in [-0.25, -0.2) is 4.98 Å². The van der Waals surface area contributed by atoms with Crippen molar-refractivity contribution in [2.75, 3.05) is 18.0 Å². The van der Waals surface area contributed by atoms with Gasteiger partial charge >= 0.3 is 0 Å². The molecule has 1 aliphatic rings. The van der Waals surface area contributed by atoms with Crippen molar-refractivity contribution < 1.29 is 14.8 Å². The molecule has 2 aromatic rings. The number of imidazole rings is 1. The Morgan fingerprint density at radius 1 is 1.34 bits per heavy atom. The number of aryl methyl sites for hydroxylation is 1. The third-order valence-corrected chi connectivity index (χ3v) is 5.30. The molecule has 0 radical (unpaired) electrons. The van der Waals surface area contributed by atoms with Gasteiger partial charge in [-0.05, 0) is 44.7 Å². The summed E-state index contributed by atoms with van der Waals surface area (Å²) in [5, 5.41) is 25.0. The smallest absolute Gasteiger partial charge is 0.293 e. The van der Waals surface area contributed by atoms with Crippen LogP contribution in [0.15, 0.2) is 30.6 Å². The highest BCUT2D eigenvalue weighted by molar-refractivity contribution is 5.96. The molecule has 9 heteroatoms. The standard InChI is InChI=1S/C20H27N5O4/c1-13(2)22-20(27)15-4-5-16(17(12-15)25(28)29)24-9-6-14(7-10-24)18(26)19-21-8-11-23(19)3/h4-5,8,11-14,18,26H,6-7,9-10H2,1-3H3,(H,22,27). The normalized spacial score (nSPS) is 16.1. The minimum absolute atomic E-state index is 0.0440. The Morgan fingerprint density at radius 2 is 2.03 bits per heavy atom. The van der Waals surface area contributed by atoms with Crippen LogP contribution >= 0.6 is 0 Å². The van der Waals surface area contributed by atoms with Crippen molar-refractivity contribution in [1.82, 2.24) is 14.9 Å². The fraction of sp³-hybridized carbons (Fsp3) is 0.500. The van der Waals surface area contributed by atoms with E-state index in [2.05, 4.69) is 10.3 Å². The maximum absolute atomic E-state index is 12.2. The molecule has 2 N–H and O–H groups in total. The SMILES string of the molecule is CC(C)NC(=O)c1ccc(N2CCC(C(O)c3nccn3C)CC2)c([N+](=O)[O-])c1. The number of nitro benzene ring substituents is 1. The largest absolute Gasteiger partial charge is 0.385 e. The number of aromatic nitrogens is 2. The van der Waals surface area contributed by atoms with Gasteiger partial charge in [0.25, 0.3) is 11.6 Å². The molecule has 3 rings (SSSR count). The summed E-state index contributed by atoms with van der Waals surface area (Å²) in [4.78, 5) is 29.5. The van der Waals surface area contributed by atoms with E-state index >= 15 is 0 Å². The lowest BCUT2D eigenvalue weighted by molar-refractivity contribution is -0.384.